The number of hydrogen-bond donors (Lipinski definition) is 4. The molecule has 0 saturated heterocycles. The monoisotopic (exact) mass is 617 g/mol. The second-order valence-electron chi connectivity index (χ2n) is 10.4. The van der Waals surface area contributed by atoms with E-state index in [1.54, 1.807) is 66.7 Å². The molecule has 0 radical (unpaired) electrons. The predicted octanol–water partition coefficient (Wildman–Crippen LogP) is 6.25. The maximum Gasteiger partial charge on any atom is 0.416 e. The van der Waals surface area contributed by atoms with Crippen molar-refractivity contribution in [2.75, 3.05) is 37.8 Å². The van der Waals surface area contributed by atoms with Crippen molar-refractivity contribution >= 4 is 40.7 Å². The quantitative estimate of drug-likeness (QED) is 0.124. The fourth-order valence-corrected chi connectivity index (χ4v) is 4.78. The zero-order valence-electron chi connectivity index (χ0n) is 24.4. The number of hydrogen-bond acceptors (Lipinski definition) is 5. The van der Waals surface area contributed by atoms with E-state index < -0.39 is 17.6 Å². The highest BCUT2D eigenvalue weighted by atomic mass is 19.4. The number of alkyl halides is 3. The van der Waals surface area contributed by atoms with Crippen molar-refractivity contribution in [3.05, 3.63) is 107 Å². The molecular formula is C33H30F3N5O4. The number of nitrogens with zero attached hydrogens (tertiary/aromatic N) is 1. The molecule has 1 aliphatic rings. The maximum atomic E-state index is 13.0. The van der Waals surface area contributed by atoms with E-state index in [0.29, 0.717) is 51.8 Å². The number of nitrogens with one attached hydrogen (secondary N) is 4. The van der Waals surface area contributed by atoms with Gasteiger partial charge in [-0.1, -0.05) is 12.1 Å². The Balaban J connectivity index is 1.26. The van der Waals surface area contributed by atoms with Crippen LogP contribution in [-0.4, -0.2) is 54.8 Å². The van der Waals surface area contributed by atoms with Crippen molar-refractivity contribution in [3.63, 3.8) is 0 Å². The Morgan fingerprint density at radius 3 is 2.53 bits per heavy atom. The first-order chi connectivity index (χ1) is 21.5. The van der Waals surface area contributed by atoms with Crippen LogP contribution in [0.3, 0.4) is 0 Å². The van der Waals surface area contributed by atoms with Gasteiger partial charge in [-0.3, -0.25) is 14.4 Å². The van der Waals surface area contributed by atoms with E-state index in [0.717, 1.165) is 25.1 Å². The number of carbonyl (C=O) groups is 3. The SMILES string of the molecule is CNCCCN(C)C(=O)c1c[nH]c(/C=C2\C(=O)Nc3cc(Oc4cccc(NC(=O)c5cccc(C(F)(F)F)c5)c4)ccc32)c1. The van der Waals surface area contributed by atoms with E-state index in [4.69, 9.17) is 4.74 Å². The van der Waals surface area contributed by atoms with Crippen LogP contribution < -0.4 is 20.7 Å². The van der Waals surface area contributed by atoms with E-state index in [-0.39, 0.29) is 17.4 Å². The molecule has 0 fully saturated rings. The lowest BCUT2D eigenvalue weighted by Crippen LogP contribution is -2.29. The van der Waals surface area contributed by atoms with Gasteiger partial charge >= 0.3 is 6.18 Å². The van der Waals surface area contributed by atoms with Crippen LogP contribution in [0.4, 0.5) is 24.5 Å². The Labute approximate surface area is 257 Å². The highest BCUT2D eigenvalue weighted by Gasteiger charge is 2.31. The van der Waals surface area contributed by atoms with Gasteiger partial charge < -0.3 is 30.6 Å². The molecule has 4 N–H and O–H groups in total. The molecule has 2 heterocycles. The number of H-pyrrole nitrogens is 1. The van der Waals surface area contributed by atoms with Crippen molar-refractivity contribution in [2.24, 2.45) is 0 Å². The molecule has 4 aromatic rings. The molecular weight excluding hydrogens is 587 g/mol. The fourth-order valence-electron chi connectivity index (χ4n) is 4.78. The van der Waals surface area contributed by atoms with E-state index >= 15 is 0 Å². The minimum absolute atomic E-state index is 0.121. The molecule has 0 atom stereocenters. The molecule has 9 nitrogen and oxygen atoms in total. The number of ether oxygens (including phenoxy) is 1. The molecule has 5 rings (SSSR count). The van der Waals surface area contributed by atoms with E-state index in [1.165, 1.54) is 18.2 Å². The average molecular weight is 618 g/mol. The number of rotatable bonds is 10. The first kappa shape index (κ1) is 31.1. The summed E-state index contributed by atoms with van der Waals surface area (Å²) in [5.41, 5.74) is 1.96. The van der Waals surface area contributed by atoms with Gasteiger partial charge in [-0.25, -0.2) is 0 Å². The smallest absolute Gasteiger partial charge is 0.416 e. The zero-order valence-corrected chi connectivity index (χ0v) is 24.4. The highest BCUT2D eigenvalue weighted by molar-refractivity contribution is 6.35. The van der Waals surface area contributed by atoms with Gasteiger partial charge in [0.05, 0.1) is 22.4 Å². The lowest BCUT2D eigenvalue weighted by Gasteiger charge is -2.15. The summed E-state index contributed by atoms with van der Waals surface area (Å²) >= 11 is 0. The van der Waals surface area contributed by atoms with Crippen LogP contribution in [0.15, 0.2) is 79.0 Å². The summed E-state index contributed by atoms with van der Waals surface area (Å²) < 4.78 is 45.1. The van der Waals surface area contributed by atoms with Crippen molar-refractivity contribution in [2.45, 2.75) is 12.6 Å². The third-order valence-electron chi connectivity index (χ3n) is 7.07. The standard InChI is InChI=1S/C33H30F3N5O4/c1-37-12-5-13-41(2)32(44)21-15-24(38-19-21)17-28-27-11-10-26(18-29(27)40-31(28)43)45-25-9-4-8-23(16-25)39-30(42)20-6-3-7-22(14-20)33(34,35)36/h3-4,6-11,14-19,37-38H,5,12-13H2,1-2H3,(H,39,42)(H,40,43)/b28-17-. The molecule has 232 valence electrons. The molecule has 1 aliphatic heterocycles. The summed E-state index contributed by atoms with van der Waals surface area (Å²) in [5, 5.41) is 8.46. The maximum absolute atomic E-state index is 13.0. The number of aromatic amines is 1. The second kappa shape index (κ2) is 13.1. The van der Waals surface area contributed by atoms with Crippen molar-refractivity contribution in [1.29, 1.82) is 0 Å². The third-order valence-corrected chi connectivity index (χ3v) is 7.07. The molecule has 1 aromatic heterocycles. The Hall–Kier alpha value is -5.36. The second-order valence-corrected chi connectivity index (χ2v) is 10.4. The van der Waals surface area contributed by atoms with Gasteiger partial charge in [0.15, 0.2) is 0 Å². The summed E-state index contributed by atoms with van der Waals surface area (Å²) in [5.74, 6) is -0.368. The van der Waals surface area contributed by atoms with Gasteiger partial charge in [0, 0.05) is 54.4 Å². The van der Waals surface area contributed by atoms with Crippen LogP contribution in [0.2, 0.25) is 0 Å². The Bertz CT molecular complexity index is 1780. The largest absolute Gasteiger partial charge is 0.457 e. The number of fused-ring (bicyclic) bond motifs is 1. The Morgan fingerprint density at radius 1 is 0.978 bits per heavy atom. The fraction of sp³-hybridized carbons (Fsp3) is 0.182. The summed E-state index contributed by atoms with van der Waals surface area (Å²) in [6.07, 6.45) is -0.445. The van der Waals surface area contributed by atoms with Gasteiger partial charge in [-0.2, -0.15) is 13.2 Å². The van der Waals surface area contributed by atoms with Gasteiger partial charge in [0.1, 0.15) is 11.5 Å². The van der Waals surface area contributed by atoms with Crippen LogP contribution in [0, 0.1) is 0 Å². The summed E-state index contributed by atoms with van der Waals surface area (Å²) in [6.45, 7) is 1.42. The molecule has 0 aliphatic carbocycles. The van der Waals surface area contributed by atoms with Gasteiger partial charge in [-0.15, -0.1) is 0 Å². The molecule has 0 saturated carbocycles. The van der Waals surface area contributed by atoms with Crippen molar-refractivity contribution in [3.8, 4) is 11.5 Å². The molecule has 3 aromatic carbocycles. The van der Waals surface area contributed by atoms with Crippen LogP contribution >= 0.6 is 0 Å². The molecule has 0 unspecified atom stereocenters. The Kier molecular flexibility index (Phi) is 9.05. The van der Waals surface area contributed by atoms with E-state index in [9.17, 15) is 27.6 Å². The van der Waals surface area contributed by atoms with Crippen LogP contribution in [0.1, 0.15) is 44.0 Å². The molecule has 45 heavy (non-hydrogen) atoms. The summed E-state index contributed by atoms with van der Waals surface area (Å²) in [4.78, 5) is 42.9. The number of benzene rings is 3. The summed E-state index contributed by atoms with van der Waals surface area (Å²) in [7, 11) is 3.61. The summed E-state index contributed by atoms with van der Waals surface area (Å²) in [6, 6.07) is 17.3. The lowest BCUT2D eigenvalue weighted by molar-refractivity contribution is -0.137. The average Bonchev–Trinajstić information content (AvgIpc) is 3.60. The Morgan fingerprint density at radius 2 is 1.76 bits per heavy atom. The molecule has 12 heteroatoms. The highest BCUT2D eigenvalue weighted by Crippen LogP contribution is 2.37. The first-order valence-corrected chi connectivity index (χ1v) is 14.0. The van der Waals surface area contributed by atoms with E-state index in [2.05, 4.69) is 20.9 Å². The zero-order chi connectivity index (χ0) is 32.1. The van der Waals surface area contributed by atoms with Gasteiger partial charge in [0.25, 0.3) is 17.7 Å². The number of aromatic nitrogens is 1. The van der Waals surface area contributed by atoms with Gasteiger partial charge in [-0.05, 0) is 74.6 Å². The minimum atomic E-state index is -4.56. The first-order valence-electron chi connectivity index (χ1n) is 14.0. The van der Waals surface area contributed by atoms with Gasteiger partial charge in [0.2, 0.25) is 0 Å². The number of halogens is 3. The minimum Gasteiger partial charge on any atom is -0.457 e. The van der Waals surface area contributed by atoms with Crippen LogP contribution in [0.25, 0.3) is 11.6 Å². The van der Waals surface area contributed by atoms with Crippen LogP contribution in [-0.2, 0) is 11.0 Å². The normalized spacial score (nSPS) is 13.4. The molecule has 3 amide bonds. The number of anilines is 2. The number of carbonyl (C=O) groups excluding carboxylic acids is 3. The molecule has 0 spiro atoms. The number of amides is 3. The van der Waals surface area contributed by atoms with Crippen LogP contribution in [0.5, 0.6) is 11.5 Å². The van der Waals surface area contributed by atoms with Crippen molar-refractivity contribution in [1.82, 2.24) is 15.2 Å². The predicted molar refractivity (Wildman–Crippen MR) is 165 cm³/mol. The third kappa shape index (κ3) is 7.42. The van der Waals surface area contributed by atoms with Crippen molar-refractivity contribution < 1.29 is 32.3 Å². The lowest BCUT2D eigenvalue weighted by atomic mass is 10.1. The van der Waals surface area contributed by atoms with E-state index in [1.807, 2.05) is 7.05 Å². The molecule has 0 bridgehead atoms. The topological polar surface area (TPSA) is 116 Å².